The van der Waals surface area contributed by atoms with E-state index in [1.54, 1.807) is 13.0 Å². The van der Waals surface area contributed by atoms with Crippen LogP contribution in [0.25, 0.3) is 6.08 Å². The van der Waals surface area contributed by atoms with E-state index >= 15 is 0 Å². The highest BCUT2D eigenvalue weighted by Gasteiger charge is 1.98. The molecule has 0 amide bonds. The Hall–Kier alpha value is -0.870. The topological polar surface area (TPSA) is 45.8 Å². The summed E-state index contributed by atoms with van der Waals surface area (Å²) in [5.74, 6) is 0.456. The second kappa shape index (κ2) is 7.41. The van der Waals surface area contributed by atoms with Gasteiger partial charge in [-0.1, -0.05) is 32.0 Å². The van der Waals surface area contributed by atoms with Gasteiger partial charge in [-0.25, -0.2) is 4.98 Å². The molecule has 16 heavy (non-hydrogen) atoms. The van der Waals surface area contributed by atoms with Crippen molar-refractivity contribution in [1.82, 2.24) is 9.97 Å². The molecule has 0 aromatic carbocycles. The van der Waals surface area contributed by atoms with Crippen LogP contribution in [0.3, 0.4) is 0 Å². The molecule has 5 heteroatoms. The van der Waals surface area contributed by atoms with E-state index in [4.69, 9.17) is 11.6 Å². The number of nitrogens with one attached hydrogen (secondary N) is 1. The molecule has 3 nitrogen and oxygen atoms in total. The van der Waals surface area contributed by atoms with E-state index in [1.165, 1.54) is 6.20 Å². The summed E-state index contributed by atoms with van der Waals surface area (Å²) in [7, 11) is 0. The van der Waals surface area contributed by atoms with Gasteiger partial charge in [0, 0.05) is 11.2 Å². The van der Waals surface area contributed by atoms with E-state index in [9.17, 15) is 4.79 Å². The van der Waals surface area contributed by atoms with Crippen molar-refractivity contribution >= 4 is 33.6 Å². The first kappa shape index (κ1) is 15.1. The standard InChI is InChI=1S/C9H8BrClN2O.C2H6/c1-5(6(2)11)3-8-12-4-7(10)9(14)13-8;1-2/h3-4H,2H2,1H3,(H,12,13,14);1-2H3/b5-3-;. The van der Waals surface area contributed by atoms with Crippen LogP contribution in [0.2, 0.25) is 0 Å². The van der Waals surface area contributed by atoms with Crippen molar-refractivity contribution in [3.8, 4) is 0 Å². The fraction of sp³-hybridized carbons (Fsp3) is 0.273. The maximum absolute atomic E-state index is 11.2. The van der Waals surface area contributed by atoms with Gasteiger partial charge in [-0.3, -0.25) is 4.79 Å². The molecule has 0 saturated heterocycles. The predicted molar refractivity (Wildman–Crippen MR) is 72.5 cm³/mol. The molecular weight excluding hydrogens is 291 g/mol. The van der Waals surface area contributed by atoms with Crippen LogP contribution in [0.1, 0.15) is 26.6 Å². The second-order valence-electron chi connectivity index (χ2n) is 2.68. The minimum Gasteiger partial charge on any atom is -0.306 e. The highest BCUT2D eigenvalue weighted by Crippen LogP contribution is 2.13. The number of allylic oxidation sites excluding steroid dienone is 2. The van der Waals surface area contributed by atoms with E-state index in [2.05, 4.69) is 32.5 Å². The lowest BCUT2D eigenvalue weighted by molar-refractivity contribution is 1.07. The van der Waals surface area contributed by atoms with Gasteiger partial charge in [0.15, 0.2) is 0 Å². The van der Waals surface area contributed by atoms with E-state index in [0.29, 0.717) is 15.3 Å². The molecule has 0 radical (unpaired) electrons. The fourth-order valence-electron chi connectivity index (χ4n) is 0.750. The largest absolute Gasteiger partial charge is 0.306 e. The summed E-state index contributed by atoms with van der Waals surface area (Å²) in [6, 6.07) is 0. The third-order valence-electron chi connectivity index (χ3n) is 1.56. The zero-order valence-electron chi connectivity index (χ0n) is 9.47. The number of H-pyrrole nitrogens is 1. The highest BCUT2D eigenvalue weighted by atomic mass is 79.9. The normalized spacial score (nSPS) is 10.4. The Morgan fingerprint density at radius 2 is 2.19 bits per heavy atom. The molecule has 1 aromatic heterocycles. The third kappa shape index (κ3) is 4.77. The van der Waals surface area contributed by atoms with Gasteiger partial charge in [0.1, 0.15) is 10.3 Å². The first-order valence-corrected chi connectivity index (χ1v) is 5.95. The molecule has 0 aliphatic heterocycles. The zero-order chi connectivity index (χ0) is 12.7. The van der Waals surface area contributed by atoms with Crippen molar-refractivity contribution in [3.63, 3.8) is 0 Å². The zero-order valence-corrected chi connectivity index (χ0v) is 11.8. The molecule has 0 saturated carbocycles. The number of rotatable bonds is 2. The number of hydrogen-bond acceptors (Lipinski definition) is 2. The molecule has 0 unspecified atom stereocenters. The average molecular weight is 306 g/mol. The number of halogens is 2. The van der Waals surface area contributed by atoms with Crippen LogP contribution in [0.4, 0.5) is 0 Å². The van der Waals surface area contributed by atoms with E-state index in [-0.39, 0.29) is 5.56 Å². The van der Waals surface area contributed by atoms with Crippen molar-refractivity contribution in [3.05, 3.63) is 44.0 Å². The van der Waals surface area contributed by atoms with E-state index in [1.807, 2.05) is 13.8 Å². The van der Waals surface area contributed by atoms with Crippen LogP contribution in [-0.4, -0.2) is 9.97 Å². The van der Waals surface area contributed by atoms with Crippen molar-refractivity contribution in [2.24, 2.45) is 0 Å². The molecule has 1 rings (SSSR count). The average Bonchev–Trinajstić information content (AvgIpc) is 2.26. The van der Waals surface area contributed by atoms with Crippen molar-refractivity contribution in [2.75, 3.05) is 0 Å². The molecule has 1 N–H and O–H groups in total. The van der Waals surface area contributed by atoms with Gasteiger partial charge < -0.3 is 4.98 Å². The van der Waals surface area contributed by atoms with Gasteiger partial charge in [0.25, 0.3) is 5.56 Å². The molecule has 0 atom stereocenters. The molecule has 88 valence electrons. The number of nitrogens with zero attached hydrogens (tertiary/aromatic N) is 1. The first-order chi connectivity index (χ1) is 7.50. The Kier molecular flexibility index (Phi) is 7.01. The van der Waals surface area contributed by atoms with Crippen LogP contribution in [0, 0.1) is 0 Å². The van der Waals surface area contributed by atoms with Crippen LogP contribution < -0.4 is 5.56 Å². The summed E-state index contributed by atoms with van der Waals surface area (Å²) < 4.78 is 0.400. The van der Waals surface area contributed by atoms with Crippen molar-refractivity contribution in [1.29, 1.82) is 0 Å². The summed E-state index contributed by atoms with van der Waals surface area (Å²) in [6.45, 7) is 9.35. The number of aromatic nitrogens is 2. The second-order valence-corrected chi connectivity index (χ2v) is 3.99. The summed E-state index contributed by atoms with van der Waals surface area (Å²) in [4.78, 5) is 17.7. The van der Waals surface area contributed by atoms with Gasteiger partial charge in [-0.15, -0.1) is 0 Å². The molecular formula is C11H14BrClN2O. The molecule has 0 spiro atoms. The maximum Gasteiger partial charge on any atom is 0.265 e. The minimum absolute atomic E-state index is 0.223. The smallest absolute Gasteiger partial charge is 0.265 e. The van der Waals surface area contributed by atoms with E-state index < -0.39 is 0 Å². The van der Waals surface area contributed by atoms with Gasteiger partial charge in [0.05, 0.1) is 0 Å². The molecule has 0 fully saturated rings. The summed E-state index contributed by atoms with van der Waals surface area (Å²) in [5, 5.41) is 0.426. The minimum atomic E-state index is -0.223. The summed E-state index contributed by atoms with van der Waals surface area (Å²) >= 11 is 8.71. The third-order valence-corrected chi connectivity index (χ3v) is 2.42. The Balaban J connectivity index is 0.00000106. The Morgan fingerprint density at radius 1 is 1.62 bits per heavy atom. The lowest BCUT2D eigenvalue weighted by atomic mass is 10.3. The van der Waals surface area contributed by atoms with Crippen molar-refractivity contribution < 1.29 is 0 Å². The maximum atomic E-state index is 11.2. The van der Waals surface area contributed by atoms with Crippen molar-refractivity contribution in [2.45, 2.75) is 20.8 Å². The SMILES string of the molecule is C=C(Cl)/C(C)=C\c1ncc(Br)c(=O)[nH]1.CC. The number of aromatic amines is 1. The molecule has 0 aliphatic carbocycles. The Bertz CT molecular complexity index is 452. The lowest BCUT2D eigenvalue weighted by Gasteiger charge is -1.97. The van der Waals surface area contributed by atoms with Crippen LogP contribution in [0.5, 0.6) is 0 Å². The number of hydrogen-bond donors (Lipinski definition) is 1. The monoisotopic (exact) mass is 304 g/mol. The van der Waals surface area contributed by atoms with Crippen LogP contribution in [-0.2, 0) is 0 Å². The Morgan fingerprint density at radius 3 is 2.62 bits per heavy atom. The van der Waals surface area contributed by atoms with Gasteiger partial charge in [-0.05, 0) is 34.5 Å². The van der Waals surface area contributed by atoms with Crippen LogP contribution >= 0.6 is 27.5 Å². The van der Waals surface area contributed by atoms with E-state index in [0.717, 1.165) is 5.57 Å². The molecule has 0 aliphatic rings. The lowest BCUT2D eigenvalue weighted by Crippen LogP contribution is -2.09. The van der Waals surface area contributed by atoms with Gasteiger partial charge in [-0.2, -0.15) is 0 Å². The molecule has 1 aromatic rings. The molecule has 1 heterocycles. The summed E-state index contributed by atoms with van der Waals surface area (Å²) in [6.07, 6.45) is 3.10. The Labute approximate surface area is 108 Å². The van der Waals surface area contributed by atoms with Gasteiger partial charge in [0.2, 0.25) is 0 Å². The van der Waals surface area contributed by atoms with Gasteiger partial charge >= 0.3 is 0 Å². The van der Waals surface area contributed by atoms with Crippen LogP contribution in [0.15, 0.2) is 32.6 Å². The summed E-state index contributed by atoms with van der Waals surface area (Å²) in [5.41, 5.74) is 0.538. The predicted octanol–water partition coefficient (Wildman–Crippen LogP) is 3.71. The highest BCUT2D eigenvalue weighted by molar-refractivity contribution is 9.10. The quantitative estimate of drug-likeness (QED) is 0.847. The fourth-order valence-corrected chi connectivity index (χ4v) is 1.01. The first-order valence-electron chi connectivity index (χ1n) is 4.78. The molecule has 0 bridgehead atoms.